The third-order valence-corrected chi connectivity index (χ3v) is 5.56. The van der Waals surface area contributed by atoms with E-state index in [-0.39, 0.29) is 11.8 Å². The Balaban J connectivity index is 1.32. The predicted molar refractivity (Wildman–Crippen MR) is 104 cm³/mol. The summed E-state index contributed by atoms with van der Waals surface area (Å²) >= 11 is 3.43. The minimum atomic E-state index is -0.0959. The maximum Gasteiger partial charge on any atom is 0.289 e. The number of carbonyl (C=O) groups excluding carboxylic acids is 2. The Kier molecular flexibility index (Phi) is 5.47. The number of morpholine rings is 1. The van der Waals surface area contributed by atoms with Crippen LogP contribution in [0.5, 0.6) is 0 Å². The highest BCUT2D eigenvalue weighted by Crippen LogP contribution is 2.24. The molecule has 4 rings (SSSR count). The second kappa shape index (κ2) is 8.00. The maximum atomic E-state index is 12.7. The average Bonchev–Trinajstić information content (AvgIpc) is 3.12. The minimum Gasteiger partial charge on any atom is -0.451 e. The van der Waals surface area contributed by atoms with Crippen LogP contribution in [0.25, 0.3) is 11.0 Å². The molecule has 2 aliphatic heterocycles. The third-order valence-electron chi connectivity index (χ3n) is 5.07. The topological polar surface area (TPSA) is 66.2 Å². The summed E-state index contributed by atoms with van der Waals surface area (Å²) in [4.78, 5) is 30.9. The molecule has 0 saturated carbocycles. The number of hydrogen-bond acceptors (Lipinski definition) is 5. The Morgan fingerprint density at radius 1 is 0.963 bits per heavy atom. The van der Waals surface area contributed by atoms with Gasteiger partial charge in [0.15, 0.2) is 5.76 Å². The van der Waals surface area contributed by atoms with E-state index >= 15 is 0 Å². The zero-order valence-corrected chi connectivity index (χ0v) is 16.6. The van der Waals surface area contributed by atoms with Gasteiger partial charge in [-0.3, -0.25) is 14.5 Å². The summed E-state index contributed by atoms with van der Waals surface area (Å²) in [6, 6.07) is 7.47. The molecule has 0 spiro atoms. The number of furan rings is 1. The molecule has 7 nitrogen and oxygen atoms in total. The Bertz CT molecular complexity index is 839. The summed E-state index contributed by atoms with van der Waals surface area (Å²) in [5.74, 6) is 0.406. The van der Waals surface area contributed by atoms with Gasteiger partial charge < -0.3 is 19.0 Å². The fourth-order valence-electron chi connectivity index (χ4n) is 3.49. The van der Waals surface area contributed by atoms with Gasteiger partial charge >= 0.3 is 0 Å². The van der Waals surface area contributed by atoms with E-state index in [2.05, 4.69) is 20.8 Å². The summed E-state index contributed by atoms with van der Waals surface area (Å²) in [5.41, 5.74) is 0.705. The van der Waals surface area contributed by atoms with Crippen molar-refractivity contribution in [2.75, 3.05) is 59.0 Å². The number of nitrogens with zero attached hydrogens (tertiary/aromatic N) is 3. The van der Waals surface area contributed by atoms with Crippen LogP contribution in [0.3, 0.4) is 0 Å². The van der Waals surface area contributed by atoms with Crippen molar-refractivity contribution >= 4 is 38.7 Å². The van der Waals surface area contributed by atoms with Gasteiger partial charge in [0.25, 0.3) is 5.91 Å². The number of amides is 2. The third kappa shape index (κ3) is 4.17. The average molecular weight is 436 g/mol. The molecule has 0 atom stereocenters. The smallest absolute Gasteiger partial charge is 0.289 e. The highest BCUT2D eigenvalue weighted by molar-refractivity contribution is 9.10. The van der Waals surface area contributed by atoms with Crippen molar-refractivity contribution in [3.05, 3.63) is 34.5 Å². The fourth-order valence-corrected chi connectivity index (χ4v) is 3.87. The van der Waals surface area contributed by atoms with E-state index in [1.807, 2.05) is 23.1 Å². The van der Waals surface area contributed by atoms with Gasteiger partial charge in [0, 0.05) is 49.1 Å². The second-order valence-corrected chi connectivity index (χ2v) is 7.77. The van der Waals surface area contributed by atoms with Crippen LogP contribution < -0.4 is 0 Å². The lowest BCUT2D eigenvalue weighted by Gasteiger charge is -2.35. The van der Waals surface area contributed by atoms with E-state index < -0.39 is 0 Å². The lowest BCUT2D eigenvalue weighted by Crippen LogP contribution is -2.52. The number of halogens is 1. The highest BCUT2D eigenvalue weighted by atomic mass is 79.9. The summed E-state index contributed by atoms with van der Waals surface area (Å²) in [7, 11) is 0. The second-order valence-electron chi connectivity index (χ2n) is 6.85. The van der Waals surface area contributed by atoms with Crippen LogP contribution >= 0.6 is 15.9 Å². The zero-order chi connectivity index (χ0) is 18.8. The molecule has 27 heavy (non-hydrogen) atoms. The van der Waals surface area contributed by atoms with Crippen LogP contribution in [-0.4, -0.2) is 85.5 Å². The van der Waals surface area contributed by atoms with Crippen LogP contribution in [-0.2, 0) is 9.53 Å². The van der Waals surface area contributed by atoms with Gasteiger partial charge in [-0.2, -0.15) is 0 Å². The molecule has 0 radical (unpaired) electrons. The van der Waals surface area contributed by atoms with Crippen molar-refractivity contribution in [3.8, 4) is 0 Å². The van der Waals surface area contributed by atoms with E-state index in [1.54, 1.807) is 11.0 Å². The number of rotatable bonds is 3. The molecule has 2 fully saturated rings. The Labute approximate surface area is 165 Å². The van der Waals surface area contributed by atoms with E-state index in [0.29, 0.717) is 70.4 Å². The molecule has 0 aliphatic carbocycles. The molecule has 1 aromatic heterocycles. The van der Waals surface area contributed by atoms with Crippen LogP contribution in [0.15, 0.2) is 33.2 Å². The van der Waals surface area contributed by atoms with Crippen molar-refractivity contribution in [2.45, 2.75) is 0 Å². The number of ether oxygens (including phenoxy) is 1. The van der Waals surface area contributed by atoms with Gasteiger partial charge in [0.2, 0.25) is 5.91 Å². The molecular formula is C19H22BrN3O4. The van der Waals surface area contributed by atoms with Crippen molar-refractivity contribution < 1.29 is 18.7 Å². The number of piperazine rings is 1. The first-order chi connectivity index (χ1) is 13.1. The van der Waals surface area contributed by atoms with Gasteiger partial charge in [-0.25, -0.2) is 0 Å². The van der Waals surface area contributed by atoms with Gasteiger partial charge in [-0.1, -0.05) is 15.9 Å². The molecule has 2 saturated heterocycles. The quantitative estimate of drug-likeness (QED) is 0.735. The molecule has 2 aromatic rings. The van der Waals surface area contributed by atoms with E-state index in [0.717, 1.165) is 9.86 Å². The first-order valence-electron chi connectivity index (χ1n) is 9.16. The van der Waals surface area contributed by atoms with Crippen LogP contribution in [0.4, 0.5) is 0 Å². The molecule has 144 valence electrons. The molecule has 0 bridgehead atoms. The lowest BCUT2D eigenvalue weighted by atomic mass is 10.2. The molecular weight excluding hydrogens is 414 g/mol. The largest absolute Gasteiger partial charge is 0.451 e. The maximum absolute atomic E-state index is 12.7. The summed E-state index contributed by atoms with van der Waals surface area (Å²) in [5, 5.41) is 0.905. The van der Waals surface area contributed by atoms with Crippen molar-refractivity contribution in [2.24, 2.45) is 0 Å². The summed E-state index contributed by atoms with van der Waals surface area (Å²) < 4.78 is 12.0. The Morgan fingerprint density at radius 3 is 2.44 bits per heavy atom. The number of fused-ring (bicyclic) bond motifs is 1. The molecule has 3 heterocycles. The van der Waals surface area contributed by atoms with Crippen LogP contribution in [0.2, 0.25) is 0 Å². The predicted octanol–water partition coefficient (Wildman–Crippen LogP) is 1.81. The summed E-state index contributed by atoms with van der Waals surface area (Å²) in [6.45, 7) is 5.52. The first kappa shape index (κ1) is 18.5. The van der Waals surface area contributed by atoms with Gasteiger partial charge in [0.05, 0.1) is 19.8 Å². The van der Waals surface area contributed by atoms with E-state index in [9.17, 15) is 9.59 Å². The monoisotopic (exact) mass is 435 g/mol. The Hall–Kier alpha value is -1.90. The van der Waals surface area contributed by atoms with Crippen LogP contribution in [0.1, 0.15) is 10.6 Å². The fraction of sp³-hybridized carbons (Fsp3) is 0.474. The van der Waals surface area contributed by atoms with E-state index in [1.165, 1.54) is 0 Å². The van der Waals surface area contributed by atoms with Crippen molar-refractivity contribution in [1.82, 2.24) is 14.7 Å². The Morgan fingerprint density at radius 2 is 1.70 bits per heavy atom. The molecule has 2 aliphatic rings. The number of hydrogen-bond donors (Lipinski definition) is 0. The normalized spacial score (nSPS) is 18.9. The van der Waals surface area contributed by atoms with Crippen molar-refractivity contribution in [3.63, 3.8) is 0 Å². The SMILES string of the molecule is O=C(CN1CCN(C(=O)c2cc3cc(Br)ccc3o2)CC1)N1CCOCC1. The molecule has 0 N–H and O–H groups in total. The van der Waals surface area contributed by atoms with Gasteiger partial charge in [-0.05, 0) is 24.3 Å². The van der Waals surface area contributed by atoms with E-state index in [4.69, 9.17) is 9.15 Å². The molecule has 0 unspecified atom stereocenters. The summed E-state index contributed by atoms with van der Waals surface area (Å²) in [6.07, 6.45) is 0. The van der Waals surface area contributed by atoms with Crippen molar-refractivity contribution in [1.29, 1.82) is 0 Å². The number of benzene rings is 1. The molecule has 8 heteroatoms. The lowest BCUT2D eigenvalue weighted by molar-refractivity contribution is -0.136. The molecule has 2 amide bonds. The van der Waals surface area contributed by atoms with Crippen LogP contribution in [0, 0.1) is 0 Å². The van der Waals surface area contributed by atoms with Gasteiger partial charge in [-0.15, -0.1) is 0 Å². The minimum absolute atomic E-state index is 0.0959. The number of carbonyl (C=O) groups is 2. The molecule has 1 aromatic carbocycles. The standard InChI is InChI=1S/C19H22BrN3O4/c20-15-1-2-16-14(11-15)12-17(27-16)19(25)23-5-3-21(4-6-23)13-18(24)22-7-9-26-10-8-22/h1-2,11-12H,3-10,13H2. The highest BCUT2D eigenvalue weighted by Gasteiger charge is 2.27. The van der Waals surface area contributed by atoms with Gasteiger partial charge in [0.1, 0.15) is 5.58 Å². The zero-order valence-electron chi connectivity index (χ0n) is 15.0. The first-order valence-corrected chi connectivity index (χ1v) is 9.96.